The summed E-state index contributed by atoms with van der Waals surface area (Å²) < 4.78 is 5.69. The number of hydrogen-bond donors (Lipinski definition) is 2. The van der Waals surface area contributed by atoms with Gasteiger partial charge >= 0.3 is 0 Å². The number of hydrogen-bond acceptors (Lipinski definition) is 4. The van der Waals surface area contributed by atoms with Crippen LogP contribution >= 0.6 is 0 Å². The maximum absolute atomic E-state index is 9.32. The average molecular weight is 264 g/mol. The summed E-state index contributed by atoms with van der Waals surface area (Å²) in [6, 6.07) is 8.55. The second-order valence-electron chi connectivity index (χ2n) is 5.31. The van der Waals surface area contributed by atoms with Crippen molar-refractivity contribution >= 4 is 0 Å². The van der Waals surface area contributed by atoms with Gasteiger partial charge in [0.25, 0.3) is 0 Å². The van der Waals surface area contributed by atoms with Crippen molar-refractivity contribution in [3.8, 4) is 0 Å². The second kappa shape index (κ2) is 6.48. The van der Waals surface area contributed by atoms with E-state index >= 15 is 0 Å². The topological polar surface area (TPSA) is 58.7 Å². The van der Waals surface area contributed by atoms with Crippen LogP contribution in [0.25, 0.3) is 0 Å². The molecule has 3 unspecified atom stereocenters. The predicted molar refractivity (Wildman–Crippen MR) is 76.0 cm³/mol. The van der Waals surface area contributed by atoms with Crippen molar-refractivity contribution in [2.45, 2.75) is 32.1 Å². The first-order valence-electron chi connectivity index (χ1n) is 6.91. The molecule has 1 saturated heterocycles. The van der Waals surface area contributed by atoms with Crippen LogP contribution in [0.15, 0.2) is 24.3 Å². The van der Waals surface area contributed by atoms with E-state index in [0.29, 0.717) is 6.54 Å². The smallest absolute Gasteiger partial charge is 0.0936 e. The highest BCUT2D eigenvalue weighted by Crippen LogP contribution is 2.26. The summed E-state index contributed by atoms with van der Waals surface area (Å²) in [4.78, 5) is 2.33. The molecular weight excluding hydrogens is 240 g/mol. The van der Waals surface area contributed by atoms with E-state index in [-0.39, 0.29) is 24.9 Å². The molecule has 2 rings (SSSR count). The fourth-order valence-corrected chi connectivity index (χ4v) is 2.87. The summed E-state index contributed by atoms with van der Waals surface area (Å²) in [5.41, 5.74) is 8.53. The van der Waals surface area contributed by atoms with Gasteiger partial charge in [-0.1, -0.05) is 24.3 Å². The fraction of sp³-hybridized carbons (Fsp3) is 0.600. The number of benzene rings is 1. The number of nitrogens with zero attached hydrogens (tertiary/aromatic N) is 1. The van der Waals surface area contributed by atoms with E-state index in [9.17, 15) is 5.11 Å². The Kier molecular flexibility index (Phi) is 4.93. The standard InChI is InChI=1S/C15H24N2O2/c1-11-5-3-4-6-14(11)15(7-16)17-8-12(2)19-13(9-17)10-18/h3-6,12-13,15,18H,7-10,16H2,1-2H3. The summed E-state index contributed by atoms with van der Waals surface area (Å²) >= 11 is 0. The van der Waals surface area contributed by atoms with Gasteiger partial charge in [-0.15, -0.1) is 0 Å². The molecule has 1 heterocycles. The minimum Gasteiger partial charge on any atom is -0.394 e. The van der Waals surface area contributed by atoms with Crippen molar-refractivity contribution in [1.29, 1.82) is 0 Å². The summed E-state index contributed by atoms with van der Waals surface area (Å²) in [7, 11) is 0. The molecule has 1 aromatic carbocycles. The summed E-state index contributed by atoms with van der Waals surface area (Å²) in [6.45, 7) is 6.39. The number of aliphatic hydroxyl groups is 1. The highest BCUT2D eigenvalue weighted by molar-refractivity contribution is 5.29. The van der Waals surface area contributed by atoms with Gasteiger partial charge in [-0.05, 0) is 25.0 Å². The van der Waals surface area contributed by atoms with Crippen LogP contribution < -0.4 is 5.73 Å². The Morgan fingerprint density at radius 2 is 2.16 bits per heavy atom. The van der Waals surface area contributed by atoms with Gasteiger partial charge in [0.05, 0.1) is 18.8 Å². The zero-order chi connectivity index (χ0) is 13.8. The lowest BCUT2D eigenvalue weighted by Crippen LogP contribution is -2.50. The molecule has 0 aliphatic carbocycles. The third kappa shape index (κ3) is 3.34. The molecule has 0 saturated carbocycles. The van der Waals surface area contributed by atoms with Crippen molar-refractivity contribution in [1.82, 2.24) is 4.90 Å². The van der Waals surface area contributed by atoms with E-state index in [1.165, 1.54) is 11.1 Å². The molecule has 106 valence electrons. The van der Waals surface area contributed by atoms with Crippen molar-refractivity contribution < 1.29 is 9.84 Å². The summed E-state index contributed by atoms with van der Waals surface area (Å²) in [5, 5.41) is 9.32. The molecule has 1 aliphatic heterocycles. The van der Waals surface area contributed by atoms with E-state index in [4.69, 9.17) is 10.5 Å². The number of nitrogens with two attached hydrogens (primary N) is 1. The molecule has 1 aliphatic rings. The number of rotatable bonds is 4. The van der Waals surface area contributed by atoms with Crippen LogP contribution in [-0.2, 0) is 4.74 Å². The summed E-state index contributed by atoms with van der Waals surface area (Å²) in [6.07, 6.45) is 0.0192. The minimum absolute atomic E-state index is 0.0614. The van der Waals surface area contributed by atoms with Gasteiger partial charge in [-0.3, -0.25) is 4.90 Å². The zero-order valence-corrected chi connectivity index (χ0v) is 11.7. The first kappa shape index (κ1) is 14.5. The molecule has 4 heteroatoms. The van der Waals surface area contributed by atoms with Gasteiger partial charge < -0.3 is 15.6 Å². The van der Waals surface area contributed by atoms with Gasteiger partial charge in [0.2, 0.25) is 0 Å². The molecule has 4 nitrogen and oxygen atoms in total. The lowest BCUT2D eigenvalue weighted by molar-refractivity contribution is -0.105. The Bertz CT molecular complexity index is 411. The number of morpholine rings is 1. The third-order valence-corrected chi connectivity index (χ3v) is 3.77. The van der Waals surface area contributed by atoms with Crippen LogP contribution in [-0.4, -0.2) is 48.5 Å². The van der Waals surface area contributed by atoms with Crippen LogP contribution in [0.3, 0.4) is 0 Å². The monoisotopic (exact) mass is 264 g/mol. The van der Waals surface area contributed by atoms with Gasteiger partial charge in [-0.2, -0.15) is 0 Å². The summed E-state index contributed by atoms with van der Waals surface area (Å²) in [5.74, 6) is 0. The van der Waals surface area contributed by atoms with Crippen LogP contribution in [0, 0.1) is 6.92 Å². The minimum atomic E-state index is -0.109. The maximum Gasteiger partial charge on any atom is 0.0936 e. The number of ether oxygens (including phenoxy) is 1. The van der Waals surface area contributed by atoms with Crippen LogP contribution in [0.2, 0.25) is 0 Å². The molecule has 0 bridgehead atoms. The van der Waals surface area contributed by atoms with E-state index in [1.807, 2.05) is 13.0 Å². The van der Waals surface area contributed by atoms with Crippen LogP contribution in [0.5, 0.6) is 0 Å². The van der Waals surface area contributed by atoms with Gasteiger partial charge in [0.1, 0.15) is 0 Å². The fourth-order valence-electron chi connectivity index (χ4n) is 2.87. The van der Waals surface area contributed by atoms with Crippen molar-refractivity contribution in [3.63, 3.8) is 0 Å². The molecule has 1 aromatic rings. The van der Waals surface area contributed by atoms with Crippen molar-refractivity contribution in [2.75, 3.05) is 26.2 Å². The van der Waals surface area contributed by atoms with Crippen LogP contribution in [0.1, 0.15) is 24.1 Å². The molecule has 19 heavy (non-hydrogen) atoms. The Hall–Kier alpha value is -0.940. The Morgan fingerprint density at radius 1 is 1.42 bits per heavy atom. The highest BCUT2D eigenvalue weighted by atomic mass is 16.5. The van der Waals surface area contributed by atoms with Crippen molar-refractivity contribution in [2.24, 2.45) is 5.73 Å². The molecule has 3 N–H and O–H groups in total. The Morgan fingerprint density at radius 3 is 2.79 bits per heavy atom. The van der Waals surface area contributed by atoms with Crippen molar-refractivity contribution in [3.05, 3.63) is 35.4 Å². The molecule has 1 fully saturated rings. The SMILES string of the molecule is Cc1ccccc1C(CN)N1CC(C)OC(CO)C1. The Labute approximate surface area is 115 Å². The van der Waals surface area contributed by atoms with Gasteiger partial charge in [0.15, 0.2) is 0 Å². The van der Waals surface area contributed by atoms with E-state index in [2.05, 4.69) is 30.0 Å². The lowest BCUT2D eigenvalue weighted by Gasteiger charge is -2.41. The third-order valence-electron chi connectivity index (χ3n) is 3.77. The molecule has 3 atom stereocenters. The quantitative estimate of drug-likeness (QED) is 0.854. The molecule has 0 spiro atoms. The first-order valence-corrected chi connectivity index (χ1v) is 6.91. The zero-order valence-electron chi connectivity index (χ0n) is 11.7. The predicted octanol–water partition coefficient (Wildman–Crippen LogP) is 1.08. The van der Waals surface area contributed by atoms with Crippen LogP contribution in [0.4, 0.5) is 0 Å². The van der Waals surface area contributed by atoms with E-state index in [1.54, 1.807) is 0 Å². The average Bonchev–Trinajstić information content (AvgIpc) is 2.41. The molecular formula is C15H24N2O2. The normalized spacial score (nSPS) is 26.3. The first-order chi connectivity index (χ1) is 9.15. The van der Waals surface area contributed by atoms with Gasteiger partial charge in [0, 0.05) is 25.7 Å². The highest BCUT2D eigenvalue weighted by Gasteiger charge is 2.30. The largest absolute Gasteiger partial charge is 0.394 e. The molecule has 0 aromatic heterocycles. The van der Waals surface area contributed by atoms with E-state index < -0.39 is 0 Å². The number of aryl methyl sites for hydroxylation is 1. The second-order valence-corrected chi connectivity index (χ2v) is 5.31. The molecule has 0 amide bonds. The maximum atomic E-state index is 9.32. The Balaban J connectivity index is 2.19. The van der Waals surface area contributed by atoms with E-state index in [0.717, 1.165) is 13.1 Å². The number of aliphatic hydroxyl groups excluding tert-OH is 1. The lowest BCUT2D eigenvalue weighted by atomic mass is 9.98. The van der Waals surface area contributed by atoms with Gasteiger partial charge in [-0.25, -0.2) is 0 Å². The molecule has 0 radical (unpaired) electrons.